The lowest BCUT2D eigenvalue weighted by molar-refractivity contribution is -0.00246. The van der Waals surface area contributed by atoms with E-state index in [4.69, 9.17) is 4.74 Å². The summed E-state index contributed by atoms with van der Waals surface area (Å²) in [5.41, 5.74) is -1.16. The summed E-state index contributed by atoms with van der Waals surface area (Å²) in [6.07, 6.45) is 4.04. The first-order valence-corrected chi connectivity index (χ1v) is 9.32. The van der Waals surface area contributed by atoms with E-state index in [2.05, 4.69) is 12.2 Å². The molecule has 0 spiro atoms. The Morgan fingerprint density at radius 1 is 1.33 bits per heavy atom. The number of hydrogen-bond acceptors (Lipinski definition) is 4. The molecule has 5 nitrogen and oxygen atoms in total. The van der Waals surface area contributed by atoms with Gasteiger partial charge in [0.2, 0.25) is 0 Å². The molecule has 1 rings (SSSR count). The van der Waals surface area contributed by atoms with Crippen molar-refractivity contribution in [2.45, 2.75) is 91.4 Å². The predicted octanol–water partition coefficient (Wildman–Crippen LogP) is 3.55. The Bertz CT molecular complexity index is 408. The van der Waals surface area contributed by atoms with Gasteiger partial charge in [0.05, 0.1) is 5.60 Å². The first-order valence-electron chi connectivity index (χ1n) is 9.32. The van der Waals surface area contributed by atoms with Crippen LogP contribution in [0.5, 0.6) is 0 Å². The lowest BCUT2D eigenvalue weighted by Gasteiger charge is -2.44. The molecule has 0 aromatic heterocycles. The maximum Gasteiger partial charge on any atom is 0.410 e. The molecule has 0 aromatic carbocycles. The number of hydrogen-bond donors (Lipinski definition) is 2. The Morgan fingerprint density at radius 3 is 2.46 bits per heavy atom. The molecule has 0 radical (unpaired) electrons. The van der Waals surface area contributed by atoms with Gasteiger partial charge in [-0.05, 0) is 60.8 Å². The van der Waals surface area contributed by atoms with Gasteiger partial charge in [-0.25, -0.2) is 4.79 Å². The third-order valence-corrected chi connectivity index (χ3v) is 4.94. The van der Waals surface area contributed by atoms with E-state index in [1.807, 2.05) is 46.4 Å². The summed E-state index contributed by atoms with van der Waals surface area (Å²) in [6, 6.07) is 0.00290. The standard InChI is InChI=1S/C19H38N2O3/c1-8-10-19(13-20-15(2)18(6,7)23)11-9-12-21(14-19)16(22)24-17(3,4)5/h15,20,23H,8-14H2,1-7H3. The van der Waals surface area contributed by atoms with Crippen molar-refractivity contribution >= 4 is 6.09 Å². The van der Waals surface area contributed by atoms with Crippen LogP contribution in [0.2, 0.25) is 0 Å². The van der Waals surface area contributed by atoms with Crippen LogP contribution in [0.4, 0.5) is 4.79 Å². The number of likely N-dealkylation sites (tertiary alicyclic amines) is 1. The molecule has 142 valence electrons. The summed E-state index contributed by atoms with van der Waals surface area (Å²) in [6.45, 7) is 15.9. The quantitative estimate of drug-likeness (QED) is 0.775. The van der Waals surface area contributed by atoms with E-state index in [0.29, 0.717) is 0 Å². The zero-order valence-corrected chi connectivity index (χ0v) is 16.7. The van der Waals surface area contributed by atoms with E-state index < -0.39 is 11.2 Å². The molecule has 1 saturated heterocycles. The molecule has 1 aliphatic rings. The lowest BCUT2D eigenvalue weighted by Crippen LogP contribution is -2.54. The van der Waals surface area contributed by atoms with Crippen molar-refractivity contribution < 1.29 is 14.6 Å². The molecule has 0 bridgehead atoms. The van der Waals surface area contributed by atoms with Crippen molar-refractivity contribution in [3.8, 4) is 0 Å². The number of rotatable bonds is 6. The van der Waals surface area contributed by atoms with Crippen molar-refractivity contribution in [3.63, 3.8) is 0 Å². The zero-order valence-electron chi connectivity index (χ0n) is 16.7. The van der Waals surface area contributed by atoms with Gasteiger partial charge in [-0.2, -0.15) is 0 Å². The van der Waals surface area contributed by atoms with Crippen LogP contribution in [-0.2, 0) is 4.74 Å². The van der Waals surface area contributed by atoms with E-state index in [-0.39, 0.29) is 17.6 Å². The summed E-state index contributed by atoms with van der Waals surface area (Å²) < 4.78 is 5.56. The molecule has 5 heteroatoms. The van der Waals surface area contributed by atoms with Crippen LogP contribution in [-0.4, -0.2) is 53.0 Å². The predicted molar refractivity (Wildman–Crippen MR) is 98.1 cm³/mol. The summed E-state index contributed by atoms with van der Waals surface area (Å²) >= 11 is 0. The molecule has 1 aliphatic heterocycles. The molecule has 1 fully saturated rings. The largest absolute Gasteiger partial charge is 0.444 e. The minimum Gasteiger partial charge on any atom is -0.444 e. The lowest BCUT2D eigenvalue weighted by atomic mass is 9.76. The Hall–Kier alpha value is -0.810. The van der Waals surface area contributed by atoms with Gasteiger partial charge in [-0.1, -0.05) is 13.3 Å². The molecule has 1 heterocycles. The van der Waals surface area contributed by atoms with Gasteiger partial charge in [0, 0.05) is 31.1 Å². The SMILES string of the molecule is CCCC1(CNC(C)C(C)(C)O)CCCN(C(=O)OC(C)(C)C)C1. The van der Waals surface area contributed by atoms with Crippen molar-refractivity contribution in [2.75, 3.05) is 19.6 Å². The first kappa shape index (κ1) is 21.2. The molecule has 2 atom stereocenters. The second-order valence-corrected chi connectivity index (χ2v) is 9.01. The average Bonchev–Trinajstić information content (AvgIpc) is 2.42. The maximum atomic E-state index is 12.4. The fourth-order valence-electron chi connectivity index (χ4n) is 3.28. The molecule has 0 saturated carbocycles. The second-order valence-electron chi connectivity index (χ2n) is 9.01. The van der Waals surface area contributed by atoms with Crippen LogP contribution >= 0.6 is 0 Å². The molecule has 24 heavy (non-hydrogen) atoms. The van der Waals surface area contributed by atoms with Crippen molar-refractivity contribution in [3.05, 3.63) is 0 Å². The normalized spacial score (nSPS) is 23.9. The fraction of sp³-hybridized carbons (Fsp3) is 0.947. The van der Waals surface area contributed by atoms with E-state index in [1.165, 1.54) is 0 Å². The monoisotopic (exact) mass is 342 g/mol. The number of aliphatic hydroxyl groups is 1. The molecule has 0 aromatic rings. The van der Waals surface area contributed by atoms with Crippen LogP contribution in [0.3, 0.4) is 0 Å². The van der Waals surface area contributed by atoms with E-state index in [1.54, 1.807) is 0 Å². The topological polar surface area (TPSA) is 61.8 Å². The molecule has 2 unspecified atom stereocenters. The van der Waals surface area contributed by atoms with E-state index in [9.17, 15) is 9.90 Å². The molecular weight excluding hydrogens is 304 g/mol. The summed E-state index contributed by atoms with van der Waals surface area (Å²) in [5, 5.41) is 13.6. The van der Waals surface area contributed by atoms with Crippen LogP contribution < -0.4 is 5.32 Å². The maximum absolute atomic E-state index is 12.4. The highest BCUT2D eigenvalue weighted by Gasteiger charge is 2.38. The van der Waals surface area contributed by atoms with Crippen molar-refractivity contribution in [1.29, 1.82) is 0 Å². The van der Waals surface area contributed by atoms with Gasteiger partial charge in [0.25, 0.3) is 0 Å². The summed E-state index contributed by atoms with van der Waals surface area (Å²) in [5.74, 6) is 0. The molecule has 2 N–H and O–H groups in total. The van der Waals surface area contributed by atoms with Crippen molar-refractivity contribution in [1.82, 2.24) is 10.2 Å². The highest BCUT2D eigenvalue weighted by atomic mass is 16.6. The third kappa shape index (κ3) is 6.60. The number of piperidine rings is 1. The Labute approximate surface area is 148 Å². The van der Waals surface area contributed by atoms with Gasteiger partial charge in [0.1, 0.15) is 5.60 Å². The van der Waals surface area contributed by atoms with Gasteiger partial charge < -0.3 is 20.1 Å². The third-order valence-electron chi connectivity index (χ3n) is 4.94. The number of nitrogens with one attached hydrogen (secondary N) is 1. The van der Waals surface area contributed by atoms with Crippen LogP contribution in [0.25, 0.3) is 0 Å². The van der Waals surface area contributed by atoms with E-state index >= 15 is 0 Å². The summed E-state index contributed by atoms with van der Waals surface area (Å²) in [7, 11) is 0. The van der Waals surface area contributed by atoms with Crippen LogP contribution in [0.15, 0.2) is 0 Å². The highest BCUT2D eigenvalue weighted by Crippen LogP contribution is 2.35. The average molecular weight is 343 g/mol. The van der Waals surface area contributed by atoms with Gasteiger partial charge in [0.15, 0.2) is 0 Å². The zero-order chi connectivity index (χ0) is 18.6. The van der Waals surface area contributed by atoms with Crippen LogP contribution in [0.1, 0.15) is 74.1 Å². The highest BCUT2D eigenvalue weighted by molar-refractivity contribution is 5.68. The van der Waals surface area contributed by atoms with Crippen molar-refractivity contribution in [2.24, 2.45) is 5.41 Å². The van der Waals surface area contributed by atoms with E-state index in [0.717, 1.165) is 45.3 Å². The number of nitrogens with zero attached hydrogens (tertiary/aromatic N) is 1. The molecular formula is C19H38N2O3. The van der Waals surface area contributed by atoms with Gasteiger partial charge >= 0.3 is 6.09 Å². The van der Waals surface area contributed by atoms with Gasteiger partial charge in [-0.3, -0.25) is 0 Å². The number of carbonyl (C=O) groups excluding carboxylic acids is 1. The number of amides is 1. The number of carbonyl (C=O) groups is 1. The minimum absolute atomic E-state index is 0.00290. The summed E-state index contributed by atoms with van der Waals surface area (Å²) in [4.78, 5) is 14.3. The second kappa shape index (κ2) is 8.05. The fourth-order valence-corrected chi connectivity index (χ4v) is 3.28. The Balaban J connectivity index is 2.76. The first-order chi connectivity index (χ1) is 10.9. The Morgan fingerprint density at radius 2 is 1.96 bits per heavy atom. The molecule has 1 amide bonds. The Kier molecular flexibility index (Phi) is 7.12. The molecule has 0 aliphatic carbocycles. The number of ether oxygens (including phenoxy) is 1. The van der Waals surface area contributed by atoms with Gasteiger partial charge in [-0.15, -0.1) is 0 Å². The smallest absolute Gasteiger partial charge is 0.410 e. The van der Waals surface area contributed by atoms with Crippen LogP contribution in [0, 0.1) is 5.41 Å². The minimum atomic E-state index is -0.757.